The van der Waals surface area contributed by atoms with Gasteiger partial charge in [0.1, 0.15) is 0 Å². The van der Waals surface area contributed by atoms with Crippen LogP contribution in [-0.4, -0.2) is 36.5 Å². The van der Waals surface area contributed by atoms with Gasteiger partial charge in [0.25, 0.3) is 20.0 Å². The van der Waals surface area contributed by atoms with Crippen LogP contribution in [0.5, 0.6) is 0 Å². The van der Waals surface area contributed by atoms with Crippen LogP contribution >= 0.6 is 0 Å². The fraction of sp³-hybridized carbons (Fsp3) is 0.129. The van der Waals surface area contributed by atoms with Crippen LogP contribution < -0.4 is 8.61 Å². The summed E-state index contributed by atoms with van der Waals surface area (Å²) in [5.41, 5.74) is 2.89. The van der Waals surface area contributed by atoms with Gasteiger partial charge in [-0.3, -0.25) is 4.31 Å². The largest absolute Gasteiger partial charge is 0.465 e. The van der Waals surface area contributed by atoms with Crippen LogP contribution in [0, 0.1) is 13.8 Å². The van der Waals surface area contributed by atoms with Crippen LogP contribution in [0.3, 0.4) is 0 Å². The predicted octanol–water partition coefficient (Wildman–Crippen LogP) is 5.54. The standard InChI is InChI=1S/C31H28N2O6S2/c1-22-12-16-26(17-13-22)40(35,36)32-21-25(20-24-8-4-5-9-28(24)31(34)39-3)33(30-11-7-6-10-29(30)32)41(37,38)27-18-14-23(2)15-19-27/h4-20H,21H2,1-3H3/b25-20+. The first-order chi connectivity index (χ1) is 19.5. The molecule has 0 amide bonds. The molecule has 1 heterocycles. The molecule has 1 aliphatic rings. The van der Waals surface area contributed by atoms with Gasteiger partial charge in [-0.15, -0.1) is 0 Å². The van der Waals surface area contributed by atoms with Crippen LogP contribution in [0.2, 0.25) is 0 Å². The molecular formula is C31H28N2O6S2. The Morgan fingerprint density at radius 1 is 0.707 bits per heavy atom. The number of carbonyl (C=O) groups excluding carboxylic acids is 1. The maximum absolute atomic E-state index is 14.2. The molecule has 1 aliphatic heterocycles. The fourth-order valence-electron chi connectivity index (χ4n) is 4.65. The Morgan fingerprint density at radius 3 is 1.80 bits per heavy atom. The zero-order valence-electron chi connectivity index (χ0n) is 22.7. The van der Waals surface area contributed by atoms with Crippen molar-refractivity contribution < 1.29 is 26.4 Å². The molecule has 4 aromatic rings. The Morgan fingerprint density at radius 2 is 1.22 bits per heavy atom. The van der Waals surface area contributed by atoms with Gasteiger partial charge in [0.15, 0.2) is 0 Å². The summed E-state index contributed by atoms with van der Waals surface area (Å²) >= 11 is 0. The average molecular weight is 589 g/mol. The lowest BCUT2D eigenvalue weighted by Crippen LogP contribution is -2.44. The number of methoxy groups -OCH3 is 1. The van der Waals surface area contributed by atoms with Gasteiger partial charge in [0, 0.05) is 0 Å². The van der Waals surface area contributed by atoms with E-state index in [2.05, 4.69) is 0 Å². The summed E-state index contributed by atoms with van der Waals surface area (Å²) < 4.78 is 63.7. The summed E-state index contributed by atoms with van der Waals surface area (Å²) in [5, 5.41) is 0. The summed E-state index contributed by atoms with van der Waals surface area (Å²) in [4.78, 5) is 12.7. The SMILES string of the molecule is COC(=O)c1ccccc1/C=C1\CN(S(=O)(=O)c2ccc(C)cc2)c2ccccc2N1S(=O)(=O)c1ccc(C)cc1. The number of sulfonamides is 2. The zero-order valence-corrected chi connectivity index (χ0v) is 24.3. The minimum Gasteiger partial charge on any atom is -0.465 e. The van der Waals surface area contributed by atoms with Gasteiger partial charge in [-0.2, -0.15) is 0 Å². The number of para-hydroxylation sites is 2. The first-order valence-electron chi connectivity index (χ1n) is 12.7. The number of rotatable bonds is 6. The number of carbonyl (C=O) groups is 1. The molecule has 0 radical (unpaired) electrons. The maximum atomic E-state index is 14.2. The van der Waals surface area contributed by atoms with E-state index in [1.807, 2.05) is 13.8 Å². The van der Waals surface area contributed by atoms with Crippen molar-refractivity contribution in [2.24, 2.45) is 0 Å². The molecule has 4 aromatic carbocycles. The van der Waals surface area contributed by atoms with E-state index in [1.54, 1.807) is 72.8 Å². The zero-order chi connectivity index (χ0) is 29.4. The van der Waals surface area contributed by atoms with Crippen molar-refractivity contribution >= 4 is 43.5 Å². The fourth-order valence-corrected chi connectivity index (χ4v) is 7.63. The number of ether oxygens (including phenoxy) is 1. The highest BCUT2D eigenvalue weighted by atomic mass is 32.2. The average Bonchev–Trinajstić information content (AvgIpc) is 2.97. The lowest BCUT2D eigenvalue weighted by molar-refractivity contribution is 0.0600. The Balaban J connectivity index is 1.77. The van der Waals surface area contributed by atoms with Crippen molar-refractivity contribution in [3.8, 4) is 0 Å². The monoisotopic (exact) mass is 588 g/mol. The Labute approximate surface area is 240 Å². The van der Waals surface area contributed by atoms with Gasteiger partial charge in [-0.1, -0.05) is 65.7 Å². The van der Waals surface area contributed by atoms with Gasteiger partial charge in [-0.25, -0.2) is 25.9 Å². The van der Waals surface area contributed by atoms with Crippen LogP contribution in [0.15, 0.2) is 113 Å². The lowest BCUT2D eigenvalue weighted by Gasteiger charge is -2.39. The smallest absolute Gasteiger partial charge is 0.338 e. The Kier molecular flexibility index (Phi) is 7.46. The molecule has 0 saturated heterocycles. The molecule has 0 spiro atoms. The molecule has 10 heteroatoms. The summed E-state index contributed by atoms with van der Waals surface area (Å²) in [7, 11) is -7.06. The summed E-state index contributed by atoms with van der Waals surface area (Å²) in [6.07, 6.45) is 1.52. The van der Waals surface area contributed by atoms with Gasteiger partial charge in [0.2, 0.25) is 0 Å². The Hall–Kier alpha value is -4.41. The van der Waals surface area contributed by atoms with E-state index in [0.29, 0.717) is 5.56 Å². The third kappa shape index (κ3) is 5.23. The lowest BCUT2D eigenvalue weighted by atomic mass is 10.1. The second-order valence-electron chi connectivity index (χ2n) is 9.61. The number of nitrogens with zero attached hydrogens (tertiary/aromatic N) is 2. The molecule has 0 fully saturated rings. The molecule has 5 rings (SSSR count). The summed E-state index contributed by atoms with van der Waals surface area (Å²) in [6.45, 7) is 3.41. The second-order valence-corrected chi connectivity index (χ2v) is 13.3. The van der Waals surface area contributed by atoms with Gasteiger partial charge < -0.3 is 4.74 Å². The second kappa shape index (κ2) is 10.9. The topological polar surface area (TPSA) is 101 Å². The molecule has 41 heavy (non-hydrogen) atoms. The first kappa shape index (κ1) is 28.1. The van der Waals surface area contributed by atoms with E-state index in [4.69, 9.17) is 4.74 Å². The summed E-state index contributed by atoms with van der Waals surface area (Å²) in [6, 6.07) is 25.9. The quantitative estimate of drug-likeness (QED) is 0.275. The molecule has 0 saturated carbocycles. The number of hydrogen-bond acceptors (Lipinski definition) is 6. The number of fused-ring (bicyclic) bond motifs is 1. The van der Waals surface area contributed by atoms with Crippen molar-refractivity contribution in [2.45, 2.75) is 23.6 Å². The van der Waals surface area contributed by atoms with E-state index < -0.39 is 26.0 Å². The predicted molar refractivity (Wildman–Crippen MR) is 159 cm³/mol. The Bertz CT molecular complexity index is 1860. The molecule has 8 nitrogen and oxygen atoms in total. The molecule has 0 atom stereocenters. The minimum atomic E-state index is -4.21. The minimum absolute atomic E-state index is 0.0416. The number of esters is 1. The molecule has 0 N–H and O–H groups in total. The van der Waals surface area contributed by atoms with E-state index in [0.717, 1.165) is 15.4 Å². The molecule has 210 valence electrons. The molecule has 0 unspecified atom stereocenters. The normalized spacial score (nSPS) is 14.6. The van der Waals surface area contributed by atoms with Gasteiger partial charge >= 0.3 is 5.97 Å². The van der Waals surface area contributed by atoms with Crippen molar-refractivity contribution in [1.29, 1.82) is 0 Å². The highest BCUT2D eigenvalue weighted by Crippen LogP contribution is 2.43. The van der Waals surface area contributed by atoms with Gasteiger partial charge in [-0.05, 0) is 68.0 Å². The van der Waals surface area contributed by atoms with Crippen molar-refractivity contribution in [1.82, 2.24) is 0 Å². The van der Waals surface area contributed by atoms with Crippen molar-refractivity contribution in [2.75, 3.05) is 22.3 Å². The highest BCUT2D eigenvalue weighted by molar-refractivity contribution is 7.93. The van der Waals surface area contributed by atoms with E-state index in [-0.39, 0.29) is 39.0 Å². The molecule has 0 bridgehead atoms. The number of anilines is 2. The van der Waals surface area contributed by atoms with Crippen LogP contribution in [0.4, 0.5) is 11.4 Å². The maximum Gasteiger partial charge on any atom is 0.338 e. The summed E-state index contributed by atoms with van der Waals surface area (Å²) in [5.74, 6) is -0.606. The van der Waals surface area contributed by atoms with Crippen LogP contribution in [-0.2, 0) is 24.8 Å². The van der Waals surface area contributed by atoms with Crippen molar-refractivity contribution in [3.05, 3.63) is 125 Å². The van der Waals surface area contributed by atoms with Crippen LogP contribution in [0.25, 0.3) is 6.08 Å². The van der Waals surface area contributed by atoms with Crippen molar-refractivity contribution in [3.63, 3.8) is 0 Å². The van der Waals surface area contributed by atoms with E-state index in [1.165, 1.54) is 41.8 Å². The number of hydrogen-bond donors (Lipinski definition) is 0. The first-order valence-corrected chi connectivity index (χ1v) is 15.6. The van der Waals surface area contributed by atoms with Gasteiger partial charge in [0.05, 0.1) is 46.1 Å². The number of aryl methyl sites for hydroxylation is 2. The molecule has 0 aromatic heterocycles. The highest BCUT2D eigenvalue weighted by Gasteiger charge is 2.40. The third-order valence-electron chi connectivity index (χ3n) is 6.79. The third-order valence-corrected chi connectivity index (χ3v) is 10.3. The van der Waals surface area contributed by atoms with Crippen LogP contribution in [0.1, 0.15) is 27.0 Å². The molecular weight excluding hydrogens is 560 g/mol. The van der Waals surface area contributed by atoms with E-state index in [9.17, 15) is 21.6 Å². The number of benzene rings is 4. The van der Waals surface area contributed by atoms with E-state index >= 15 is 0 Å². The molecule has 0 aliphatic carbocycles.